The molecule has 0 spiro atoms. The normalized spacial score (nSPS) is 24.6. The Morgan fingerprint density at radius 1 is 1.47 bits per heavy atom. The number of aliphatic hydroxyl groups is 1. The second-order valence-corrected chi connectivity index (χ2v) is 5.88. The summed E-state index contributed by atoms with van der Waals surface area (Å²) < 4.78 is 27.0. The summed E-state index contributed by atoms with van der Waals surface area (Å²) in [5.74, 6) is 1.03. The molecule has 2 rings (SSSR count). The van der Waals surface area contributed by atoms with Crippen LogP contribution in [0.2, 0.25) is 0 Å². The lowest BCUT2D eigenvalue weighted by Gasteiger charge is -2.31. The molecule has 1 saturated carbocycles. The van der Waals surface area contributed by atoms with Gasteiger partial charge in [0.2, 0.25) is 5.09 Å². The number of nitrogens with two attached hydrogens (primary N) is 1. The number of hydrogen-bond acceptors (Lipinski definition) is 5. The van der Waals surface area contributed by atoms with E-state index in [9.17, 15) is 8.42 Å². The highest BCUT2D eigenvalue weighted by Crippen LogP contribution is 2.26. The Kier molecular flexibility index (Phi) is 3.53. The first-order chi connectivity index (χ1) is 7.95. The molecule has 1 fully saturated rings. The van der Waals surface area contributed by atoms with Gasteiger partial charge in [-0.1, -0.05) is 0 Å². The van der Waals surface area contributed by atoms with Crippen molar-refractivity contribution in [1.29, 1.82) is 0 Å². The standard InChI is InChI=1S/C10H16N2O4S/c11-17(14,15)10-2-1-9(16-10)6-12-5-7-3-8(13)4-7/h1-2,7-8,12-13H,3-6H2,(H2,11,14,15). The highest BCUT2D eigenvalue weighted by atomic mass is 32.2. The van der Waals surface area contributed by atoms with Gasteiger partial charge in [0, 0.05) is 0 Å². The number of sulfonamides is 1. The van der Waals surface area contributed by atoms with Crippen LogP contribution < -0.4 is 10.5 Å². The van der Waals surface area contributed by atoms with Gasteiger partial charge in [-0.3, -0.25) is 0 Å². The molecule has 7 heteroatoms. The SMILES string of the molecule is NS(=O)(=O)c1ccc(CNCC2CC(O)C2)o1. The minimum atomic E-state index is -3.75. The van der Waals surface area contributed by atoms with E-state index in [1.165, 1.54) is 6.07 Å². The van der Waals surface area contributed by atoms with Crippen molar-refractivity contribution >= 4 is 10.0 Å². The maximum Gasteiger partial charge on any atom is 0.271 e. The fourth-order valence-corrected chi connectivity index (χ4v) is 2.35. The molecule has 0 atom stereocenters. The number of hydrogen-bond donors (Lipinski definition) is 3. The van der Waals surface area contributed by atoms with Gasteiger partial charge >= 0.3 is 0 Å². The van der Waals surface area contributed by atoms with Gasteiger partial charge in [0.05, 0.1) is 12.6 Å². The Balaban J connectivity index is 1.78. The summed E-state index contributed by atoms with van der Waals surface area (Å²) >= 11 is 0. The Morgan fingerprint density at radius 2 is 2.18 bits per heavy atom. The summed E-state index contributed by atoms with van der Waals surface area (Å²) in [6.45, 7) is 1.25. The summed E-state index contributed by atoms with van der Waals surface area (Å²) in [7, 11) is -3.75. The first-order valence-corrected chi connectivity index (χ1v) is 7.00. The van der Waals surface area contributed by atoms with Crippen molar-refractivity contribution in [3.63, 3.8) is 0 Å². The molecule has 17 heavy (non-hydrogen) atoms. The summed E-state index contributed by atoms with van der Waals surface area (Å²) in [6.07, 6.45) is 1.50. The first-order valence-electron chi connectivity index (χ1n) is 5.45. The molecule has 1 aliphatic rings. The molecule has 1 aromatic heterocycles. The van der Waals surface area contributed by atoms with Gasteiger partial charge in [-0.05, 0) is 37.4 Å². The summed E-state index contributed by atoms with van der Waals surface area (Å²) in [6, 6.07) is 2.93. The van der Waals surface area contributed by atoms with Crippen LogP contribution in [0.5, 0.6) is 0 Å². The number of nitrogens with one attached hydrogen (secondary N) is 1. The van der Waals surface area contributed by atoms with Gasteiger partial charge in [-0.2, -0.15) is 0 Å². The topological polar surface area (TPSA) is 106 Å². The van der Waals surface area contributed by atoms with Crippen LogP contribution in [-0.2, 0) is 16.6 Å². The molecule has 96 valence electrons. The maximum absolute atomic E-state index is 11.0. The van der Waals surface area contributed by atoms with E-state index in [-0.39, 0.29) is 11.2 Å². The van der Waals surface area contributed by atoms with Crippen LogP contribution in [0, 0.1) is 5.92 Å². The third-order valence-corrected chi connectivity index (χ3v) is 3.64. The largest absolute Gasteiger partial charge is 0.447 e. The second kappa shape index (κ2) is 4.77. The van der Waals surface area contributed by atoms with E-state index in [0.717, 1.165) is 19.4 Å². The third-order valence-electron chi connectivity index (χ3n) is 2.86. The molecule has 1 heterocycles. The van der Waals surface area contributed by atoms with Crippen molar-refractivity contribution in [1.82, 2.24) is 5.32 Å². The Bertz CT molecular complexity index is 476. The molecular formula is C10H16N2O4S. The van der Waals surface area contributed by atoms with Gasteiger partial charge in [-0.15, -0.1) is 0 Å². The number of rotatable bonds is 5. The third kappa shape index (κ3) is 3.29. The average Bonchev–Trinajstić information content (AvgIpc) is 2.63. The average molecular weight is 260 g/mol. The van der Waals surface area contributed by atoms with Crippen molar-refractivity contribution in [2.75, 3.05) is 6.54 Å². The lowest BCUT2D eigenvalue weighted by atomic mass is 9.82. The molecular weight excluding hydrogens is 244 g/mol. The van der Waals surface area contributed by atoms with Crippen molar-refractivity contribution in [2.45, 2.75) is 30.6 Å². The van der Waals surface area contributed by atoms with E-state index in [1.807, 2.05) is 0 Å². The van der Waals surface area contributed by atoms with Crippen molar-refractivity contribution < 1.29 is 17.9 Å². The zero-order valence-electron chi connectivity index (χ0n) is 9.30. The monoisotopic (exact) mass is 260 g/mol. The number of aliphatic hydroxyl groups excluding tert-OH is 1. The van der Waals surface area contributed by atoms with Crippen LogP contribution in [0.4, 0.5) is 0 Å². The number of furan rings is 1. The van der Waals surface area contributed by atoms with Crippen LogP contribution in [0.25, 0.3) is 0 Å². The Labute approximate surface area is 99.9 Å². The number of primary sulfonamides is 1. The maximum atomic E-state index is 11.0. The quantitative estimate of drug-likeness (QED) is 0.679. The molecule has 0 aliphatic heterocycles. The van der Waals surface area contributed by atoms with Gasteiger partial charge < -0.3 is 14.8 Å². The van der Waals surface area contributed by atoms with E-state index in [0.29, 0.717) is 18.2 Å². The van der Waals surface area contributed by atoms with Crippen molar-refractivity contribution in [3.8, 4) is 0 Å². The molecule has 0 amide bonds. The Morgan fingerprint density at radius 3 is 2.71 bits per heavy atom. The lowest BCUT2D eigenvalue weighted by molar-refractivity contribution is 0.0428. The van der Waals surface area contributed by atoms with Gasteiger partial charge in [-0.25, -0.2) is 13.6 Å². The van der Waals surface area contributed by atoms with E-state index >= 15 is 0 Å². The minimum absolute atomic E-state index is 0.153. The van der Waals surface area contributed by atoms with Crippen LogP contribution in [0.3, 0.4) is 0 Å². The van der Waals surface area contributed by atoms with Crippen LogP contribution in [0.15, 0.2) is 21.6 Å². The van der Waals surface area contributed by atoms with Gasteiger partial charge in [0.25, 0.3) is 10.0 Å². The summed E-state index contributed by atoms with van der Waals surface area (Å²) in [4.78, 5) is 0. The smallest absolute Gasteiger partial charge is 0.271 e. The van der Waals surface area contributed by atoms with Gasteiger partial charge in [0.1, 0.15) is 5.76 Å². The fourth-order valence-electron chi connectivity index (χ4n) is 1.87. The van der Waals surface area contributed by atoms with E-state index in [4.69, 9.17) is 14.7 Å². The molecule has 0 radical (unpaired) electrons. The summed E-state index contributed by atoms with van der Waals surface area (Å²) in [5.41, 5.74) is 0. The lowest BCUT2D eigenvalue weighted by Crippen LogP contribution is -2.35. The second-order valence-electron chi connectivity index (χ2n) is 4.39. The van der Waals surface area contributed by atoms with E-state index < -0.39 is 10.0 Å². The molecule has 1 aliphatic carbocycles. The predicted molar refractivity (Wildman–Crippen MR) is 60.5 cm³/mol. The van der Waals surface area contributed by atoms with Crippen LogP contribution in [0.1, 0.15) is 18.6 Å². The van der Waals surface area contributed by atoms with Crippen LogP contribution in [-0.4, -0.2) is 26.2 Å². The molecule has 4 N–H and O–H groups in total. The highest BCUT2D eigenvalue weighted by Gasteiger charge is 2.26. The fraction of sp³-hybridized carbons (Fsp3) is 0.600. The Hall–Kier alpha value is -0.890. The molecule has 0 saturated heterocycles. The van der Waals surface area contributed by atoms with Crippen molar-refractivity contribution in [3.05, 3.63) is 17.9 Å². The zero-order valence-corrected chi connectivity index (χ0v) is 10.1. The molecule has 0 bridgehead atoms. The minimum Gasteiger partial charge on any atom is -0.447 e. The molecule has 6 nitrogen and oxygen atoms in total. The van der Waals surface area contributed by atoms with Crippen molar-refractivity contribution in [2.24, 2.45) is 11.1 Å². The summed E-state index contributed by atoms with van der Waals surface area (Å²) in [5, 5.41) is 17.0. The predicted octanol–water partition coefficient (Wildman–Crippen LogP) is -0.212. The first kappa shape index (κ1) is 12.6. The zero-order chi connectivity index (χ0) is 12.5. The molecule has 0 aromatic carbocycles. The van der Waals surface area contributed by atoms with Crippen LogP contribution >= 0.6 is 0 Å². The van der Waals surface area contributed by atoms with E-state index in [1.54, 1.807) is 6.07 Å². The highest BCUT2D eigenvalue weighted by molar-refractivity contribution is 7.89. The molecule has 0 unspecified atom stereocenters. The van der Waals surface area contributed by atoms with E-state index in [2.05, 4.69) is 5.32 Å². The van der Waals surface area contributed by atoms with Gasteiger partial charge in [0.15, 0.2) is 0 Å². The molecule has 1 aromatic rings.